The number of carbonyl (C=O) groups is 1. The van der Waals surface area contributed by atoms with Crippen LogP contribution in [0.3, 0.4) is 0 Å². The topological polar surface area (TPSA) is 32.3 Å². The summed E-state index contributed by atoms with van der Waals surface area (Å²) in [5, 5.41) is 5.69. The molecule has 2 aromatic rings. The van der Waals surface area contributed by atoms with Gasteiger partial charge in [-0.15, -0.1) is 11.3 Å². The fourth-order valence-corrected chi connectivity index (χ4v) is 2.85. The summed E-state index contributed by atoms with van der Waals surface area (Å²) in [5.74, 6) is 0.0351. The van der Waals surface area contributed by atoms with E-state index >= 15 is 0 Å². The van der Waals surface area contributed by atoms with E-state index in [1.54, 1.807) is 11.3 Å². The van der Waals surface area contributed by atoms with Crippen LogP contribution in [0.1, 0.15) is 17.4 Å². The Balaban J connectivity index is 1.86. The predicted molar refractivity (Wildman–Crippen MR) is 88.5 cm³/mol. The lowest BCUT2D eigenvalue weighted by atomic mass is 10.2. The van der Waals surface area contributed by atoms with Crippen LogP contribution in [0.2, 0.25) is 5.02 Å². The molecule has 0 unspecified atom stereocenters. The number of amides is 1. The molecule has 1 amide bonds. The molecule has 0 aliphatic carbocycles. The third-order valence-electron chi connectivity index (χ3n) is 3.38. The first-order chi connectivity index (χ1) is 10.1. The number of nitrogens with one attached hydrogen (secondary N) is 1. The molecule has 0 radical (unpaired) electrons. The normalized spacial score (nSPS) is 12.4. The van der Waals surface area contributed by atoms with Gasteiger partial charge in [0, 0.05) is 16.4 Å². The van der Waals surface area contributed by atoms with E-state index in [1.165, 1.54) is 0 Å². The van der Waals surface area contributed by atoms with Gasteiger partial charge in [-0.1, -0.05) is 29.8 Å². The number of hydrogen-bond donors (Lipinski definition) is 1. The van der Waals surface area contributed by atoms with Crippen molar-refractivity contribution in [2.75, 3.05) is 7.05 Å². The Bertz CT molecular complexity index is 586. The highest BCUT2D eigenvalue weighted by Crippen LogP contribution is 2.13. The zero-order valence-corrected chi connectivity index (χ0v) is 13.7. The van der Waals surface area contributed by atoms with Crippen molar-refractivity contribution in [3.8, 4) is 0 Å². The second-order valence-corrected chi connectivity index (χ2v) is 6.49. The highest BCUT2D eigenvalue weighted by Gasteiger charge is 2.17. The molecule has 1 aromatic heterocycles. The SMILES string of the molecule is C[C@@H](C(=O)NCc1cccs1)N(C)Cc1cccc(Cl)c1. The number of thiophene rings is 1. The fraction of sp³-hybridized carbons (Fsp3) is 0.312. The maximum atomic E-state index is 12.2. The zero-order valence-electron chi connectivity index (χ0n) is 12.2. The summed E-state index contributed by atoms with van der Waals surface area (Å²) < 4.78 is 0. The molecule has 0 fully saturated rings. The van der Waals surface area contributed by atoms with Gasteiger partial charge in [0.05, 0.1) is 12.6 Å². The van der Waals surface area contributed by atoms with Crippen molar-refractivity contribution >= 4 is 28.8 Å². The van der Waals surface area contributed by atoms with Crippen LogP contribution in [0.5, 0.6) is 0 Å². The van der Waals surface area contributed by atoms with Crippen LogP contribution in [0.4, 0.5) is 0 Å². The molecule has 0 aliphatic heterocycles. The first-order valence-corrected chi connectivity index (χ1v) is 8.07. The standard InChI is InChI=1S/C16H19ClN2OS/c1-12(16(20)18-10-15-7-4-8-21-15)19(2)11-13-5-3-6-14(17)9-13/h3-9,12H,10-11H2,1-2H3,(H,18,20)/t12-/m0/s1. The lowest BCUT2D eigenvalue weighted by molar-refractivity contribution is -0.125. The van der Waals surface area contributed by atoms with Crippen molar-refractivity contribution in [1.82, 2.24) is 10.2 Å². The molecule has 1 heterocycles. The molecule has 112 valence electrons. The fourth-order valence-electron chi connectivity index (χ4n) is 2.00. The highest BCUT2D eigenvalue weighted by atomic mass is 35.5. The van der Waals surface area contributed by atoms with Crippen LogP contribution >= 0.6 is 22.9 Å². The van der Waals surface area contributed by atoms with Crippen LogP contribution < -0.4 is 5.32 Å². The molecule has 0 bridgehead atoms. The molecule has 1 aromatic carbocycles. The Morgan fingerprint density at radius 2 is 2.19 bits per heavy atom. The second kappa shape index (κ2) is 7.59. The molecule has 1 atom stereocenters. The molecule has 21 heavy (non-hydrogen) atoms. The van der Waals surface area contributed by atoms with Crippen LogP contribution in [0.25, 0.3) is 0 Å². The van der Waals surface area contributed by atoms with Gasteiger partial charge in [-0.25, -0.2) is 0 Å². The summed E-state index contributed by atoms with van der Waals surface area (Å²) >= 11 is 7.63. The number of benzene rings is 1. The number of rotatable bonds is 6. The summed E-state index contributed by atoms with van der Waals surface area (Å²) in [6.07, 6.45) is 0. The van der Waals surface area contributed by atoms with Crippen molar-refractivity contribution < 1.29 is 4.79 Å². The smallest absolute Gasteiger partial charge is 0.237 e. The molecule has 1 N–H and O–H groups in total. The van der Waals surface area contributed by atoms with Crippen LogP contribution in [-0.4, -0.2) is 23.9 Å². The van der Waals surface area contributed by atoms with Crippen molar-refractivity contribution in [1.29, 1.82) is 0 Å². The number of hydrogen-bond acceptors (Lipinski definition) is 3. The first kappa shape index (κ1) is 16.0. The third kappa shape index (κ3) is 4.84. The van der Waals surface area contributed by atoms with Gasteiger partial charge >= 0.3 is 0 Å². The molecule has 5 heteroatoms. The largest absolute Gasteiger partial charge is 0.350 e. The van der Waals surface area contributed by atoms with Gasteiger partial charge in [-0.05, 0) is 43.1 Å². The van der Waals surface area contributed by atoms with Gasteiger partial charge in [-0.3, -0.25) is 9.69 Å². The number of nitrogens with zero attached hydrogens (tertiary/aromatic N) is 1. The molecule has 0 spiro atoms. The van der Waals surface area contributed by atoms with Crippen LogP contribution in [-0.2, 0) is 17.9 Å². The Morgan fingerprint density at radius 1 is 1.38 bits per heavy atom. The Hall–Kier alpha value is -1.36. The average Bonchev–Trinajstić information content (AvgIpc) is 2.97. The highest BCUT2D eigenvalue weighted by molar-refractivity contribution is 7.09. The van der Waals surface area contributed by atoms with E-state index in [0.717, 1.165) is 15.5 Å². The number of halogens is 1. The Labute approximate surface area is 134 Å². The van der Waals surface area contributed by atoms with Gasteiger partial charge in [0.2, 0.25) is 5.91 Å². The van der Waals surface area contributed by atoms with Crippen molar-refractivity contribution in [2.24, 2.45) is 0 Å². The van der Waals surface area contributed by atoms with Gasteiger partial charge in [0.15, 0.2) is 0 Å². The third-order valence-corrected chi connectivity index (χ3v) is 4.49. The second-order valence-electron chi connectivity index (χ2n) is 5.02. The molecule has 3 nitrogen and oxygen atoms in total. The Kier molecular flexibility index (Phi) is 5.79. The predicted octanol–water partition coefficient (Wildman–Crippen LogP) is 3.54. The van der Waals surface area contributed by atoms with Gasteiger partial charge in [0.25, 0.3) is 0 Å². The van der Waals surface area contributed by atoms with E-state index < -0.39 is 0 Å². The summed E-state index contributed by atoms with van der Waals surface area (Å²) in [4.78, 5) is 15.3. The Morgan fingerprint density at radius 3 is 2.86 bits per heavy atom. The summed E-state index contributed by atoms with van der Waals surface area (Å²) in [7, 11) is 1.94. The van der Waals surface area contributed by atoms with Crippen molar-refractivity contribution in [2.45, 2.75) is 26.1 Å². The summed E-state index contributed by atoms with van der Waals surface area (Å²) in [6.45, 7) is 3.19. The maximum Gasteiger partial charge on any atom is 0.237 e. The van der Waals surface area contributed by atoms with Crippen molar-refractivity contribution in [3.63, 3.8) is 0 Å². The lowest BCUT2D eigenvalue weighted by Crippen LogP contribution is -2.42. The molecular formula is C16H19ClN2OS. The molecule has 0 aliphatic rings. The van der Waals surface area contributed by atoms with Gasteiger partial charge < -0.3 is 5.32 Å². The molecule has 0 saturated carbocycles. The van der Waals surface area contributed by atoms with E-state index in [9.17, 15) is 4.79 Å². The van der Waals surface area contributed by atoms with Gasteiger partial charge in [0.1, 0.15) is 0 Å². The van der Waals surface area contributed by atoms with E-state index in [-0.39, 0.29) is 11.9 Å². The summed E-state index contributed by atoms with van der Waals surface area (Å²) in [5.41, 5.74) is 1.10. The average molecular weight is 323 g/mol. The monoisotopic (exact) mass is 322 g/mol. The molecule has 2 rings (SSSR count). The quantitative estimate of drug-likeness (QED) is 0.882. The van der Waals surface area contributed by atoms with Gasteiger partial charge in [-0.2, -0.15) is 0 Å². The summed E-state index contributed by atoms with van der Waals surface area (Å²) in [6, 6.07) is 11.5. The lowest BCUT2D eigenvalue weighted by Gasteiger charge is -2.24. The molecular weight excluding hydrogens is 304 g/mol. The zero-order chi connectivity index (χ0) is 15.2. The first-order valence-electron chi connectivity index (χ1n) is 6.81. The van der Waals surface area contributed by atoms with E-state index in [2.05, 4.69) is 5.32 Å². The number of carbonyl (C=O) groups excluding carboxylic acids is 1. The van der Waals surface area contributed by atoms with Crippen molar-refractivity contribution in [3.05, 3.63) is 57.2 Å². The minimum atomic E-state index is -0.191. The minimum Gasteiger partial charge on any atom is -0.350 e. The van der Waals surface area contributed by atoms with E-state index in [4.69, 9.17) is 11.6 Å². The number of likely N-dealkylation sites (N-methyl/N-ethyl adjacent to an activating group) is 1. The van der Waals surface area contributed by atoms with E-state index in [1.807, 2.05) is 60.6 Å². The van der Waals surface area contributed by atoms with Crippen LogP contribution in [0.15, 0.2) is 41.8 Å². The van der Waals surface area contributed by atoms with Crippen LogP contribution in [0, 0.1) is 0 Å². The molecule has 0 saturated heterocycles. The minimum absolute atomic E-state index is 0.0351. The maximum absolute atomic E-state index is 12.2. The van der Waals surface area contributed by atoms with E-state index in [0.29, 0.717) is 13.1 Å².